The molecular formula is C12H17F2NO. The Hall–Kier alpha value is -1.16. The van der Waals surface area contributed by atoms with Gasteiger partial charge in [-0.1, -0.05) is 12.8 Å². The third-order valence-corrected chi connectivity index (χ3v) is 2.25. The summed E-state index contributed by atoms with van der Waals surface area (Å²) in [7, 11) is 0. The van der Waals surface area contributed by atoms with Gasteiger partial charge >= 0.3 is 0 Å². The maximum atomic E-state index is 13.1. The van der Waals surface area contributed by atoms with E-state index in [1.807, 2.05) is 0 Å². The van der Waals surface area contributed by atoms with Gasteiger partial charge in [-0.15, -0.1) is 0 Å². The maximum absolute atomic E-state index is 13.1. The average Bonchev–Trinajstić information content (AvgIpc) is 2.28. The van der Waals surface area contributed by atoms with E-state index in [1.165, 1.54) is 0 Å². The van der Waals surface area contributed by atoms with Gasteiger partial charge < -0.3 is 10.5 Å². The van der Waals surface area contributed by atoms with Crippen LogP contribution in [-0.2, 0) is 0 Å². The Morgan fingerprint density at radius 2 is 1.81 bits per heavy atom. The maximum Gasteiger partial charge on any atom is 0.165 e. The summed E-state index contributed by atoms with van der Waals surface area (Å²) in [5, 5.41) is 0. The smallest absolute Gasteiger partial charge is 0.165 e. The molecule has 1 rings (SSSR count). The highest BCUT2D eigenvalue weighted by Crippen LogP contribution is 2.18. The fourth-order valence-electron chi connectivity index (χ4n) is 1.37. The van der Waals surface area contributed by atoms with E-state index in [0.29, 0.717) is 13.2 Å². The van der Waals surface area contributed by atoms with Crippen LogP contribution in [0, 0.1) is 11.6 Å². The van der Waals surface area contributed by atoms with Gasteiger partial charge in [-0.05, 0) is 31.5 Å². The van der Waals surface area contributed by atoms with E-state index < -0.39 is 11.6 Å². The number of hydrogen-bond donors (Lipinski definition) is 1. The lowest BCUT2D eigenvalue weighted by Crippen LogP contribution is -2.01. The first kappa shape index (κ1) is 12.9. The van der Waals surface area contributed by atoms with E-state index in [2.05, 4.69) is 0 Å². The largest absolute Gasteiger partial charge is 0.490 e. The van der Waals surface area contributed by atoms with Crippen LogP contribution in [0.25, 0.3) is 0 Å². The first-order valence-electron chi connectivity index (χ1n) is 5.52. The highest BCUT2D eigenvalue weighted by atomic mass is 19.1. The molecule has 0 bridgehead atoms. The lowest BCUT2D eigenvalue weighted by Gasteiger charge is -2.06. The van der Waals surface area contributed by atoms with Gasteiger partial charge in [-0.25, -0.2) is 8.78 Å². The zero-order valence-electron chi connectivity index (χ0n) is 9.22. The quantitative estimate of drug-likeness (QED) is 0.730. The summed E-state index contributed by atoms with van der Waals surface area (Å²) in [5.41, 5.74) is 5.35. The molecule has 0 saturated carbocycles. The van der Waals surface area contributed by atoms with Gasteiger partial charge in [0.25, 0.3) is 0 Å². The van der Waals surface area contributed by atoms with Crippen LogP contribution in [0.15, 0.2) is 18.2 Å². The minimum atomic E-state index is -0.525. The van der Waals surface area contributed by atoms with Gasteiger partial charge in [-0.2, -0.15) is 0 Å². The lowest BCUT2D eigenvalue weighted by molar-refractivity contribution is 0.288. The van der Waals surface area contributed by atoms with Crippen molar-refractivity contribution in [2.75, 3.05) is 13.2 Å². The summed E-state index contributed by atoms with van der Waals surface area (Å²) < 4.78 is 31.0. The van der Waals surface area contributed by atoms with Gasteiger partial charge in [0.15, 0.2) is 11.6 Å². The van der Waals surface area contributed by atoms with Crippen molar-refractivity contribution >= 4 is 0 Å². The predicted molar refractivity (Wildman–Crippen MR) is 59.4 cm³/mol. The second kappa shape index (κ2) is 7.17. The Kier molecular flexibility index (Phi) is 5.78. The molecule has 0 unspecified atom stereocenters. The molecule has 0 amide bonds. The van der Waals surface area contributed by atoms with Crippen molar-refractivity contribution < 1.29 is 13.5 Å². The van der Waals surface area contributed by atoms with Crippen molar-refractivity contribution in [3.05, 3.63) is 29.8 Å². The topological polar surface area (TPSA) is 35.2 Å². The Balaban J connectivity index is 2.23. The number of halogens is 2. The lowest BCUT2D eigenvalue weighted by atomic mass is 10.2. The molecule has 0 aliphatic rings. The average molecular weight is 229 g/mol. The molecule has 90 valence electrons. The third kappa shape index (κ3) is 4.57. The minimum Gasteiger partial charge on any atom is -0.490 e. The summed E-state index contributed by atoms with van der Waals surface area (Å²) in [6, 6.07) is 3.21. The van der Waals surface area contributed by atoms with E-state index in [-0.39, 0.29) is 5.75 Å². The fraction of sp³-hybridized carbons (Fsp3) is 0.500. The predicted octanol–water partition coefficient (Wildman–Crippen LogP) is 2.86. The van der Waals surface area contributed by atoms with E-state index >= 15 is 0 Å². The van der Waals surface area contributed by atoms with Gasteiger partial charge in [0.1, 0.15) is 5.82 Å². The molecule has 16 heavy (non-hydrogen) atoms. The standard InChI is InChI=1S/C12H17F2NO/c13-10-5-6-11(14)12(9-10)16-8-4-2-1-3-7-15/h5-6,9H,1-4,7-8,15H2. The Morgan fingerprint density at radius 1 is 1.06 bits per heavy atom. The second-order valence-electron chi connectivity index (χ2n) is 3.63. The Labute approximate surface area is 94.4 Å². The van der Waals surface area contributed by atoms with E-state index in [1.54, 1.807) is 0 Å². The van der Waals surface area contributed by atoms with Crippen molar-refractivity contribution in [3.63, 3.8) is 0 Å². The minimum absolute atomic E-state index is 0.0150. The number of nitrogens with two attached hydrogens (primary N) is 1. The van der Waals surface area contributed by atoms with Gasteiger partial charge in [0.05, 0.1) is 6.61 Å². The van der Waals surface area contributed by atoms with Gasteiger partial charge in [0.2, 0.25) is 0 Å². The highest BCUT2D eigenvalue weighted by molar-refractivity contribution is 5.24. The molecule has 0 aromatic heterocycles. The van der Waals surface area contributed by atoms with Crippen LogP contribution in [-0.4, -0.2) is 13.2 Å². The van der Waals surface area contributed by atoms with Crippen LogP contribution < -0.4 is 10.5 Å². The van der Waals surface area contributed by atoms with Crippen molar-refractivity contribution in [2.45, 2.75) is 25.7 Å². The first-order valence-corrected chi connectivity index (χ1v) is 5.52. The van der Waals surface area contributed by atoms with Crippen molar-refractivity contribution in [2.24, 2.45) is 5.73 Å². The van der Waals surface area contributed by atoms with Crippen LogP contribution in [0.5, 0.6) is 5.75 Å². The van der Waals surface area contributed by atoms with Crippen LogP contribution in [0.4, 0.5) is 8.78 Å². The molecule has 0 spiro atoms. The molecule has 1 aromatic rings. The number of rotatable bonds is 7. The van der Waals surface area contributed by atoms with Crippen LogP contribution in [0.1, 0.15) is 25.7 Å². The van der Waals surface area contributed by atoms with Crippen molar-refractivity contribution in [1.29, 1.82) is 0 Å². The molecular weight excluding hydrogens is 212 g/mol. The highest BCUT2D eigenvalue weighted by Gasteiger charge is 2.04. The number of hydrogen-bond acceptors (Lipinski definition) is 2. The summed E-state index contributed by atoms with van der Waals surface area (Å²) in [6.45, 7) is 1.10. The first-order chi connectivity index (χ1) is 7.74. The van der Waals surface area contributed by atoms with E-state index in [9.17, 15) is 8.78 Å². The van der Waals surface area contributed by atoms with Crippen molar-refractivity contribution in [3.8, 4) is 5.75 Å². The van der Waals surface area contributed by atoms with E-state index in [4.69, 9.17) is 10.5 Å². The molecule has 0 heterocycles. The molecule has 1 aromatic carbocycles. The fourth-order valence-corrected chi connectivity index (χ4v) is 1.37. The molecule has 2 N–H and O–H groups in total. The van der Waals surface area contributed by atoms with Gasteiger partial charge in [0, 0.05) is 6.07 Å². The zero-order valence-corrected chi connectivity index (χ0v) is 9.22. The number of benzene rings is 1. The molecule has 0 atom stereocenters. The summed E-state index contributed by atoms with van der Waals surface area (Å²) >= 11 is 0. The summed E-state index contributed by atoms with van der Waals surface area (Å²) in [5.74, 6) is -1.03. The number of unbranched alkanes of at least 4 members (excludes halogenated alkanes) is 3. The van der Waals surface area contributed by atoms with Crippen LogP contribution in [0.2, 0.25) is 0 Å². The van der Waals surface area contributed by atoms with Gasteiger partial charge in [-0.3, -0.25) is 0 Å². The Morgan fingerprint density at radius 3 is 2.56 bits per heavy atom. The van der Waals surface area contributed by atoms with Crippen molar-refractivity contribution in [1.82, 2.24) is 0 Å². The van der Waals surface area contributed by atoms with E-state index in [0.717, 1.165) is 43.9 Å². The van der Waals surface area contributed by atoms with Crippen LogP contribution in [0.3, 0.4) is 0 Å². The summed E-state index contributed by atoms with van der Waals surface area (Å²) in [6.07, 6.45) is 3.86. The Bertz CT molecular complexity index is 318. The molecule has 0 radical (unpaired) electrons. The molecule has 0 fully saturated rings. The number of ether oxygens (including phenoxy) is 1. The molecule has 0 saturated heterocycles. The molecule has 2 nitrogen and oxygen atoms in total. The normalized spacial score (nSPS) is 10.4. The zero-order chi connectivity index (χ0) is 11.8. The molecule has 0 aliphatic heterocycles. The SMILES string of the molecule is NCCCCCCOc1cc(F)ccc1F. The monoisotopic (exact) mass is 229 g/mol. The second-order valence-corrected chi connectivity index (χ2v) is 3.63. The summed E-state index contributed by atoms with van der Waals surface area (Å²) in [4.78, 5) is 0. The molecule has 0 aliphatic carbocycles. The third-order valence-electron chi connectivity index (χ3n) is 2.25. The molecule has 4 heteroatoms. The van der Waals surface area contributed by atoms with Crippen LogP contribution >= 0.6 is 0 Å².